The van der Waals surface area contributed by atoms with Gasteiger partial charge in [-0.25, -0.2) is 19.2 Å². The van der Waals surface area contributed by atoms with Gasteiger partial charge in [-0.1, -0.05) is 136 Å². The Kier molecular flexibility index (Phi) is 38.5. The number of nitrogens with zero attached hydrogens (tertiary/aromatic N) is 2. The smallest absolute Gasteiger partial charge is 0.407 e. The van der Waals surface area contributed by atoms with Gasteiger partial charge in [0.05, 0.1) is 41.3 Å². The number of carbonyl (C=O) groups is 6. The third-order valence-electron chi connectivity index (χ3n) is 15.1. The molecule has 1 rings (SSSR count). The van der Waals surface area contributed by atoms with E-state index in [0.29, 0.717) is 67.4 Å². The molecule has 0 bridgehead atoms. The third-order valence-corrected chi connectivity index (χ3v) is 15.1. The number of carbonyl (C=O) groups excluding carboxylic acids is 4. The van der Waals surface area contributed by atoms with Crippen molar-refractivity contribution in [3.63, 3.8) is 0 Å². The van der Waals surface area contributed by atoms with Gasteiger partial charge in [-0.05, 0) is 94.3 Å². The van der Waals surface area contributed by atoms with E-state index >= 15 is 0 Å². The van der Waals surface area contributed by atoms with Crippen LogP contribution in [0.1, 0.15) is 234 Å². The fraction of sp³-hybridized carbons (Fsp3) is 0.839. The zero-order valence-corrected chi connectivity index (χ0v) is 51.0. The van der Waals surface area contributed by atoms with Gasteiger partial charge >= 0.3 is 24.1 Å². The highest BCUT2D eigenvalue weighted by Crippen LogP contribution is 2.46. The van der Waals surface area contributed by atoms with Crippen LogP contribution in [0.2, 0.25) is 0 Å². The Balaban J connectivity index is 2.54. The number of likely N-dealkylation sites (N-methyl/N-ethyl adjacent to an activating group) is 2. The highest BCUT2D eigenvalue weighted by molar-refractivity contribution is 5.76. The highest BCUT2D eigenvalue weighted by Gasteiger charge is 2.42. The maximum Gasteiger partial charge on any atom is 0.407 e. The van der Waals surface area contributed by atoms with Crippen LogP contribution in [0, 0.1) is 10.8 Å². The Hall–Kier alpha value is -4.18. The Bertz CT molecular complexity index is 1740. The van der Waals surface area contributed by atoms with E-state index in [9.17, 15) is 28.8 Å². The molecule has 0 aromatic rings. The summed E-state index contributed by atoms with van der Waals surface area (Å²) in [6.07, 6.45) is 36.7. The molecule has 0 aromatic carbocycles. The SMILES string of the molecule is CCCCCCC(CC=CCCCCCCCC(=O)NCCC[N+](C)(C)CC(=O)O)OC(=O)NCC1(C)CC(NC(=O)OC(CC=CCCCCCCCC(=O)NCCC[N+](C)(C)CC(=O)O)CCCCCC)CC(C)(C)C1. The van der Waals surface area contributed by atoms with Crippen LogP contribution in [-0.2, 0) is 28.7 Å². The van der Waals surface area contributed by atoms with Crippen molar-refractivity contribution in [1.29, 1.82) is 0 Å². The number of hydrogen-bond donors (Lipinski definition) is 6. The minimum atomic E-state index is -0.815. The Morgan fingerprint density at radius 3 is 1.41 bits per heavy atom. The maximum absolute atomic E-state index is 13.6. The van der Waals surface area contributed by atoms with Crippen LogP contribution in [-0.4, -0.2) is 147 Å². The Morgan fingerprint density at radius 2 is 0.962 bits per heavy atom. The number of alkyl carbamates (subject to hydrolysis) is 2. The van der Waals surface area contributed by atoms with Gasteiger partial charge in [-0.15, -0.1) is 0 Å². The number of quaternary nitrogens is 2. The molecule has 4 amide bonds. The monoisotopic (exact) mass is 1100 g/mol. The van der Waals surface area contributed by atoms with Crippen molar-refractivity contribution in [2.24, 2.45) is 10.8 Å². The lowest BCUT2D eigenvalue weighted by Gasteiger charge is -2.46. The molecule has 16 heteroatoms. The molecule has 452 valence electrons. The van der Waals surface area contributed by atoms with Crippen LogP contribution in [0.3, 0.4) is 0 Å². The molecule has 0 radical (unpaired) electrons. The van der Waals surface area contributed by atoms with Crippen molar-refractivity contribution in [3.8, 4) is 0 Å². The van der Waals surface area contributed by atoms with Crippen molar-refractivity contribution >= 4 is 35.9 Å². The number of aliphatic carboxylic acids is 2. The molecule has 1 fully saturated rings. The molecule has 0 spiro atoms. The maximum atomic E-state index is 13.6. The van der Waals surface area contributed by atoms with E-state index in [1.807, 2.05) is 28.2 Å². The van der Waals surface area contributed by atoms with E-state index in [-0.39, 0.29) is 66.2 Å². The summed E-state index contributed by atoms with van der Waals surface area (Å²) in [6, 6.07) is -0.0839. The number of nitrogens with one attached hydrogen (secondary N) is 4. The third kappa shape index (κ3) is 40.9. The van der Waals surface area contributed by atoms with Gasteiger partial charge in [0, 0.05) is 64.2 Å². The Labute approximate surface area is 474 Å². The molecule has 1 saturated carbocycles. The summed E-state index contributed by atoms with van der Waals surface area (Å²) in [5.41, 5.74) is -0.295. The second kappa shape index (κ2) is 41.8. The number of amides is 4. The average Bonchev–Trinajstić information content (AvgIpc) is 3.33. The quantitative estimate of drug-likeness (QED) is 0.0193. The number of carboxylic acid groups (broad SMARTS) is 2. The second-order valence-corrected chi connectivity index (χ2v) is 25.4. The van der Waals surface area contributed by atoms with E-state index in [4.69, 9.17) is 19.7 Å². The fourth-order valence-corrected chi connectivity index (χ4v) is 11.2. The predicted octanol–water partition coefficient (Wildman–Crippen LogP) is 12.4. The van der Waals surface area contributed by atoms with E-state index in [0.717, 1.165) is 173 Å². The molecule has 16 nitrogen and oxygen atoms in total. The molecule has 4 unspecified atom stereocenters. The molecule has 1 aliphatic carbocycles. The summed E-state index contributed by atoms with van der Waals surface area (Å²) in [5.74, 6) is -1.51. The van der Waals surface area contributed by atoms with Crippen LogP contribution in [0.5, 0.6) is 0 Å². The lowest BCUT2D eigenvalue weighted by Crippen LogP contribution is -2.51. The Morgan fingerprint density at radius 1 is 0.538 bits per heavy atom. The summed E-state index contributed by atoms with van der Waals surface area (Å²) >= 11 is 0. The van der Waals surface area contributed by atoms with Crippen LogP contribution >= 0.6 is 0 Å². The highest BCUT2D eigenvalue weighted by atomic mass is 16.6. The van der Waals surface area contributed by atoms with Crippen LogP contribution in [0.4, 0.5) is 9.59 Å². The summed E-state index contributed by atoms with van der Waals surface area (Å²) in [5, 5.41) is 30.4. The minimum absolute atomic E-state index is 0.0504. The molecule has 0 aromatic heterocycles. The fourth-order valence-electron chi connectivity index (χ4n) is 11.2. The lowest BCUT2D eigenvalue weighted by molar-refractivity contribution is -0.883. The average molecular weight is 1110 g/mol. The van der Waals surface area contributed by atoms with Gasteiger partial charge in [0.15, 0.2) is 13.1 Å². The molecule has 0 aliphatic heterocycles. The number of rotatable bonds is 47. The van der Waals surface area contributed by atoms with Crippen LogP contribution in [0.15, 0.2) is 24.3 Å². The number of ether oxygens (including phenoxy) is 2. The van der Waals surface area contributed by atoms with Crippen molar-refractivity contribution in [2.75, 3.05) is 74.0 Å². The standard InChI is InChI=1S/C62H114N6O10/c1-10-12-14-28-36-53(38-30-24-20-16-18-22-26-32-40-55(69)63-42-34-44-67(6,7)48-57(71)72)77-59(75)65-51-62(5)47-52(46-61(3,4)50-62)66-60(76)78-54(37-29-15-13-11-2)39-31-25-21-17-19-23-27-33-41-56(70)64-43-35-45-68(8,9)49-58(73)74/h24-25,30-31,52-54H,10-23,26-29,32-51H2,1-9H3,(H4-2,63,64,65,66,69,70,71,72,73,74,75,76)/p+2. The summed E-state index contributed by atoms with van der Waals surface area (Å²) in [7, 11) is 7.55. The summed E-state index contributed by atoms with van der Waals surface area (Å²) in [6.45, 7) is 14.2. The van der Waals surface area contributed by atoms with Gasteiger partial charge in [-0.2, -0.15) is 0 Å². The molecule has 4 atom stereocenters. The van der Waals surface area contributed by atoms with Gasteiger partial charge < -0.3 is 49.9 Å². The first-order valence-electron chi connectivity index (χ1n) is 30.8. The van der Waals surface area contributed by atoms with Crippen LogP contribution < -0.4 is 21.3 Å². The van der Waals surface area contributed by atoms with Crippen molar-refractivity contribution in [2.45, 2.75) is 252 Å². The number of carboxylic acids is 2. The van der Waals surface area contributed by atoms with E-state index < -0.39 is 11.9 Å². The molecule has 6 N–H and O–H groups in total. The molecule has 1 aliphatic rings. The molecule has 0 saturated heterocycles. The summed E-state index contributed by atoms with van der Waals surface area (Å²) < 4.78 is 13.0. The van der Waals surface area contributed by atoms with Gasteiger partial charge in [0.2, 0.25) is 11.8 Å². The number of allylic oxidation sites excluding steroid dienone is 2. The topological polar surface area (TPSA) is 209 Å². The minimum Gasteiger partial charge on any atom is -0.477 e. The molecular formula is C62H116N6O10+2. The largest absolute Gasteiger partial charge is 0.477 e. The number of hydrogen-bond acceptors (Lipinski definition) is 8. The van der Waals surface area contributed by atoms with Crippen molar-refractivity contribution in [3.05, 3.63) is 24.3 Å². The first-order valence-corrected chi connectivity index (χ1v) is 30.8. The van der Waals surface area contributed by atoms with E-state index in [1.165, 1.54) is 0 Å². The molecule has 78 heavy (non-hydrogen) atoms. The van der Waals surface area contributed by atoms with Crippen molar-refractivity contribution < 1.29 is 57.4 Å². The van der Waals surface area contributed by atoms with Gasteiger partial charge in [-0.3, -0.25) is 9.59 Å². The van der Waals surface area contributed by atoms with Crippen molar-refractivity contribution in [1.82, 2.24) is 21.3 Å². The zero-order valence-electron chi connectivity index (χ0n) is 51.0. The van der Waals surface area contributed by atoms with Crippen LogP contribution in [0.25, 0.3) is 0 Å². The first kappa shape index (κ1) is 71.8. The lowest BCUT2D eigenvalue weighted by atomic mass is 9.62. The normalized spacial score (nSPS) is 17.4. The first-order chi connectivity index (χ1) is 37.0. The van der Waals surface area contributed by atoms with Gasteiger partial charge in [0.1, 0.15) is 12.2 Å². The number of unbranched alkanes of at least 4 members (excludes halogenated alkanes) is 16. The molecule has 0 heterocycles. The van der Waals surface area contributed by atoms with E-state index in [2.05, 4.69) is 80.2 Å². The van der Waals surface area contributed by atoms with Gasteiger partial charge in [0.25, 0.3) is 0 Å². The second-order valence-electron chi connectivity index (χ2n) is 25.4. The molecular weight excluding hydrogens is 989 g/mol. The summed E-state index contributed by atoms with van der Waals surface area (Å²) in [4.78, 5) is 73.5. The predicted molar refractivity (Wildman–Crippen MR) is 315 cm³/mol. The zero-order chi connectivity index (χ0) is 58.1. The van der Waals surface area contributed by atoms with E-state index in [1.54, 1.807) is 0 Å².